The molecule has 1 aliphatic rings. The van der Waals surface area contributed by atoms with Crippen LogP contribution in [0.4, 0.5) is 4.39 Å². The molecule has 4 rings (SSSR count). The summed E-state index contributed by atoms with van der Waals surface area (Å²) in [5.74, 6) is -11.8. The van der Waals surface area contributed by atoms with Crippen molar-refractivity contribution in [2.24, 2.45) is 17.8 Å². The predicted molar refractivity (Wildman–Crippen MR) is 156 cm³/mol. The Labute approximate surface area is 273 Å². The van der Waals surface area contributed by atoms with Crippen molar-refractivity contribution in [3.8, 4) is 10.4 Å². The minimum atomic E-state index is -2.08. The van der Waals surface area contributed by atoms with Gasteiger partial charge in [0, 0.05) is 59.3 Å². The van der Waals surface area contributed by atoms with Gasteiger partial charge in [0.1, 0.15) is 18.0 Å². The summed E-state index contributed by atoms with van der Waals surface area (Å²) >= 11 is 1.45. The van der Waals surface area contributed by atoms with E-state index in [9.17, 15) is 48.8 Å². The highest BCUT2D eigenvalue weighted by atomic mass is 32.1. The van der Waals surface area contributed by atoms with Gasteiger partial charge < -0.3 is 49.1 Å². The number of thiophene rings is 1. The maximum absolute atomic E-state index is 13.4. The number of aryl methyl sites for hydroxylation is 1. The second kappa shape index (κ2) is 14.9. The van der Waals surface area contributed by atoms with Crippen LogP contribution < -0.4 is 20.4 Å². The van der Waals surface area contributed by atoms with Crippen LogP contribution in [0.2, 0.25) is 0 Å². The second-order valence-electron chi connectivity index (χ2n) is 11.7. The summed E-state index contributed by atoms with van der Waals surface area (Å²) in [5.41, 5.74) is 0.397. The molecule has 250 valence electrons. The normalized spacial score (nSPS) is 22.4. The van der Waals surface area contributed by atoms with E-state index in [0.29, 0.717) is 12.0 Å². The maximum Gasteiger partial charge on any atom is 0.302 e. The van der Waals surface area contributed by atoms with Crippen molar-refractivity contribution in [3.05, 3.63) is 82.0 Å². The van der Waals surface area contributed by atoms with Crippen molar-refractivity contribution in [1.82, 2.24) is 0 Å². The molecule has 3 aromatic rings. The first-order valence-corrected chi connectivity index (χ1v) is 15.6. The average molecular weight is 667 g/mol. The summed E-state index contributed by atoms with van der Waals surface area (Å²) in [6.45, 7) is 2.32. The number of hydrogen-bond acceptors (Lipinski definition) is 12. The molecule has 0 radical (unpaired) electrons. The molecule has 2 heterocycles. The van der Waals surface area contributed by atoms with E-state index in [1.54, 1.807) is 24.3 Å². The lowest BCUT2D eigenvalue weighted by atomic mass is 9.61. The van der Waals surface area contributed by atoms with E-state index in [2.05, 4.69) is 0 Å². The Kier molecular flexibility index (Phi) is 11.1. The Morgan fingerprint density at radius 2 is 1.49 bits per heavy atom. The van der Waals surface area contributed by atoms with Crippen molar-refractivity contribution in [2.75, 3.05) is 6.61 Å². The summed E-state index contributed by atoms with van der Waals surface area (Å²) in [4.78, 5) is 61.8. The third-order valence-electron chi connectivity index (χ3n) is 8.55. The van der Waals surface area contributed by atoms with Crippen LogP contribution in [-0.4, -0.2) is 42.6 Å². The van der Waals surface area contributed by atoms with Gasteiger partial charge in [-0.15, -0.1) is 11.3 Å². The van der Waals surface area contributed by atoms with Crippen LogP contribution in [0.15, 0.2) is 54.6 Å². The molecule has 11 nitrogen and oxygen atoms in total. The van der Waals surface area contributed by atoms with Gasteiger partial charge >= 0.3 is 5.97 Å². The molecule has 0 N–H and O–H groups in total. The van der Waals surface area contributed by atoms with Gasteiger partial charge in [0.05, 0.1) is 6.10 Å². The highest BCUT2D eigenvalue weighted by Gasteiger charge is 2.55. The molecule has 0 saturated carbocycles. The van der Waals surface area contributed by atoms with Crippen LogP contribution in [-0.2, 0) is 45.5 Å². The fourth-order valence-corrected chi connectivity index (χ4v) is 7.54. The lowest BCUT2D eigenvalue weighted by molar-refractivity contribution is -0.331. The quantitative estimate of drug-likeness (QED) is 0.210. The molecule has 2 aromatic carbocycles. The summed E-state index contributed by atoms with van der Waals surface area (Å²) in [6.07, 6.45) is -4.53. The van der Waals surface area contributed by atoms with E-state index in [-0.39, 0.29) is 11.4 Å². The van der Waals surface area contributed by atoms with Crippen LogP contribution in [0.25, 0.3) is 10.4 Å². The van der Waals surface area contributed by atoms with Gasteiger partial charge in [-0.1, -0.05) is 30.3 Å². The van der Waals surface area contributed by atoms with Crippen molar-refractivity contribution in [1.29, 1.82) is 0 Å². The number of carbonyl (C=O) groups excluding carboxylic acids is 5. The zero-order valence-corrected chi connectivity index (χ0v) is 26.3. The van der Waals surface area contributed by atoms with Crippen LogP contribution in [0.3, 0.4) is 0 Å². The largest absolute Gasteiger partial charge is 0.550 e. The number of hydrogen-bond donors (Lipinski definition) is 0. The van der Waals surface area contributed by atoms with E-state index in [1.165, 1.54) is 29.5 Å². The molecule has 13 heteroatoms. The molecule has 1 saturated heterocycles. The summed E-state index contributed by atoms with van der Waals surface area (Å²) in [6, 6.07) is 14.6. The number of esters is 1. The number of benzene rings is 2. The fraction of sp³-hybridized carbons (Fsp3) is 0.382. The van der Waals surface area contributed by atoms with Crippen molar-refractivity contribution >= 4 is 41.2 Å². The molecule has 0 spiro atoms. The topological polar surface area (TPSA) is 196 Å². The second-order valence-corrected chi connectivity index (χ2v) is 12.8. The van der Waals surface area contributed by atoms with Crippen molar-refractivity contribution in [3.63, 3.8) is 0 Å². The standard InChI is InChI=1S/C34H35FO11S/c1-18-3-6-22(11-21(18)12-24-9-10-29(47-24)20-4-7-23(35)8-5-20)34(16-33(43)44)27(15-32(41)42)25(13-30(37)38)26(14-31(39)40)28(46-34)17-45-19(2)36/h3-11,25-28H,12-17H2,1-2H3,(H,37,38)(H,39,40)(H,41,42)(H,43,44)/p-4/t25-,26+,27+,28-,34?/m0/s1. The van der Waals surface area contributed by atoms with Crippen LogP contribution >= 0.6 is 11.3 Å². The highest BCUT2D eigenvalue weighted by molar-refractivity contribution is 7.15. The van der Waals surface area contributed by atoms with Gasteiger partial charge in [-0.25, -0.2) is 4.39 Å². The summed E-state index contributed by atoms with van der Waals surface area (Å²) in [7, 11) is 0. The number of halogens is 1. The molecular formula is C34H31FO11S-4. The number of aliphatic carboxylic acids is 4. The Hall–Kier alpha value is -4.62. The minimum Gasteiger partial charge on any atom is -0.550 e. The number of carbonyl (C=O) groups is 5. The molecule has 1 aromatic heterocycles. The Morgan fingerprint density at radius 1 is 0.851 bits per heavy atom. The van der Waals surface area contributed by atoms with Crippen molar-refractivity contribution in [2.45, 2.75) is 57.7 Å². The monoisotopic (exact) mass is 666 g/mol. The Balaban J connectivity index is 1.85. The number of rotatable bonds is 14. The first-order valence-electron chi connectivity index (χ1n) is 14.7. The molecular weight excluding hydrogens is 635 g/mol. The Morgan fingerprint density at radius 3 is 2.09 bits per heavy atom. The van der Waals surface area contributed by atoms with Crippen LogP contribution in [0.1, 0.15) is 54.2 Å². The fourth-order valence-electron chi connectivity index (χ4n) is 6.51. The maximum atomic E-state index is 13.4. The van der Waals surface area contributed by atoms with E-state index < -0.39 is 91.6 Å². The number of carboxylic acids is 4. The van der Waals surface area contributed by atoms with Crippen molar-refractivity contribution < 1.29 is 58.3 Å². The van der Waals surface area contributed by atoms with E-state index >= 15 is 0 Å². The molecule has 1 aliphatic heterocycles. The summed E-state index contributed by atoms with van der Waals surface area (Å²) in [5, 5.41) is 48.2. The van der Waals surface area contributed by atoms with E-state index in [1.807, 2.05) is 19.1 Å². The Bertz CT molecular complexity index is 1650. The lowest BCUT2D eigenvalue weighted by Crippen LogP contribution is -2.59. The first-order chi connectivity index (χ1) is 22.2. The SMILES string of the molecule is CC(=O)OC[C@@H]1OC(CC(=O)[O-])(c2ccc(C)c(Cc3ccc(-c4ccc(F)cc4)s3)c2)[C@H](CC(=O)[O-])[C@@H](CC(=O)[O-])[C@H]1CC(=O)[O-]. The first kappa shape index (κ1) is 35.2. The number of ether oxygens (including phenoxy) is 2. The third-order valence-corrected chi connectivity index (χ3v) is 9.68. The minimum absolute atomic E-state index is 0.173. The number of carboxylic acid groups (broad SMARTS) is 4. The van der Waals surface area contributed by atoms with E-state index in [4.69, 9.17) is 9.47 Å². The van der Waals surface area contributed by atoms with Gasteiger partial charge in [-0.05, 0) is 84.5 Å². The smallest absolute Gasteiger partial charge is 0.302 e. The zero-order chi connectivity index (χ0) is 34.5. The van der Waals surface area contributed by atoms with Gasteiger partial charge in [-0.2, -0.15) is 0 Å². The lowest BCUT2D eigenvalue weighted by Gasteiger charge is -2.55. The van der Waals surface area contributed by atoms with Gasteiger partial charge in [0.15, 0.2) is 0 Å². The average Bonchev–Trinajstić information content (AvgIpc) is 3.44. The molecule has 1 fully saturated rings. The third kappa shape index (κ3) is 8.60. The van der Waals surface area contributed by atoms with Gasteiger partial charge in [0.2, 0.25) is 0 Å². The van der Waals surface area contributed by atoms with Crippen LogP contribution in [0, 0.1) is 30.5 Å². The highest BCUT2D eigenvalue weighted by Crippen LogP contribution is 2.53. The molecule has 0 amide bonds. The van der Waals surface area contributed by atoms with Gasteiger partial charge in [0.25, 0.3) is 0 Å². The predicted octanol–water partition coefficient (Wildman–Crippen LogP) is 0.0192. The molecule has 5 atom stereocenters. The van der Waals surface area contributed by atoms with E-state index in [0.717, 1.165) is 27.8 Å². The molecule has 47 heavy (non-hydrogen) atoms. The van der Waals surface area contributed by atoms with Crippen LogP contribution in [0.5, 0.6) is 0 Å². The van der Waals surface area contributed by atoms with Gasteiger partial charge in [-0.3, -0.25) is 4.79 Å². The molecule has 0 aliphatic carbocycles. The zero-order valence-electron chi connectivity index (χ0n) is 25.5. The summed E-state index contributed by atoms with van der Waals surface area (Å²) < 4.78 is 24.9. The molecule has 1 unspecified atom stereocenters. The molecule has 0 bridgehead atoms.